The van der Waals surface area contributed by atoms with Gasteiger partial charge in [0.1, 0.15) is 6.29 Å². The molecule has 1 rings (SSSR count). The maximum absolute atomic E-state index is 12.2. The molecule has 1 aromatic rings. The van der Waals surface area contributed by atoms with E-state index < -0.39 is 11.7 Å². The summed E-state index contributed by atoms with van der Waals surface area (Å²) in [5.41, 5.74) is -0.462. The standard InChI is InChI=1S/C8H4F3IO/c9-8(10,11)6-2-1-5(4-13)3-7(6)12/h1-4H. The fourth-order valence-electron chi connectivity index (χ4n) is 0.835. The molecular formula is C8H4F3IO. The van der Waals surface area contributed by atoms with E-state index in [-0.39, 0.29) is 9.13 Å². The molecule has 0 heterocycles. The zero-order valence-corrected chi connectivity index (χ0v) is 8.39. The van der Waals surface area contributed by atoms with E-state index in [0.717, 1.165) is 12.1 Å². The molecule has 0 aliphatic rings. The Morgan fingerprint density at radius 2 is 1.92 bits per heavy atom. The third kappa shape index (κ3) is 2.43. The molecule has 0 unspecified atom stereocenters. The molecular weight excluding hydrogens is 296 g/mol. The normalized spacial score (nSPS) is 11.4. The Morgan fingerprint density at radius 1 is 1.31 bits per heavy atom. The van der Waals surface area contributed by atoms with Crippen LogP contribution in [0.5, 0.6) is 0 Å². The lowest BCUT2D eigenvalue weighted by atomic mass is 10.1. The van der Waals surface area contributed by atoms with Crippen molar-refractivity contribution in [3.8, 4) is 0 Å². The fraction of sp³-hybridized carbons (Fsp3) is 0.125. The van der Waals surface area contributed by atoms with Gasteiger partial charge in [-0.2, -0.15) is 13.2 Å². The first-order valence-corrected chi connectivity index (χ1v) is 4.35. The van der Waals surface area contributed by atoms with E-state index in [0.29, 0.717) is 6.29 Å². The van der Waals surface area contributed by atoms with E-state index >= 15 is 0 Å². The van der Waals surface area contributed by atoms with Crippen LogP contribution >= 0.6 is 22.6 Å². The number of alkyl halides is 3. The van der Waals surface area contributed by atoms with Crippen LogP contribution in [0.4, 0.5) is 13.2 Å². The molecule has 0 atom stereocenters. The third-order valence-corrected chi connectivity index (χ3v) is 2.33. The Balaban J connectivity index is 3.20. The lowest BCUT2D eigenvalue weighted by molar-refractivity contribution is -0.138. The van der Waals surface area contributed by atoms with Gasteiger partial charge >= 0.3 is 6.18 Å². The van der Waals surface area contributed by atoms with Crippen molar-refractivity contribution in [2.24, 2.45) is 0 Å². The van der Waals surface area contributed by atoms with Crippen LogP contribution in [0.2, 0.25) is 0 Å². The smallest absolute Gasteiger partial charge is 0.298 e. The van der Waals surface area contributed by atoms with Crippen molar-refractivity contribution < 1.29 is 18.0 Å². The van der Waals surface area contributed by atoms with Crippen molar-refractivity contribution in [3.63, 3.8) is 0 Å². The highest BCUT2D eigenvalue weighted by Crippen LogP contribution is 2.32. The number of halogens is 4. The summed E-state index contributed by atoms with van der Waals surface area (Å²) in [5, 5.41) is 0. The van der Waals surface area contributed by atoms with Gasteiger partial charge in [-0.25, -0.2) is 0 Å². The minimum atomic E-state index is -4.35. The number of carbonyl (C=O) groups is 1. The number of carbonyl (C=O) groups excluding carboxylic acids is 1. The molecule has 0 spiro atoms. The van der Waals surface area contributed by atoms with E-state index in [2.05, 4.69) is 0 Å². The molecule has 70 valence electrons. The summed E-state index contributed by atoms with van der Waals surface area (Å²) in [6, 6.07) is 3.26. The van der Waals surface area contributed by atoms with Crippen LogP contribution in [-0.4, -0.2) is 6.29 Å². The van der Waals surface area contributed by atoms with E-state index in [1.807, 2.05) is 0 Å². The Hall–Kier alpha value is -0.590. The van der Waals surface area contributed by atoms with Crippen LogP contribution < -0.4 is 0 Å². The molecule has 0 saturated carbocycles. The van der Waals surface area contributed by atoms with Crippen LogP contribution in [0.1, 0.15) is 15.9 Å². The van der Waals surface area contributed by atoms with Gasteiger partial charge in [-0.05, 0) is 34.7 Å². The lowest BCUT2D eigenvalue weighted by Crippen LogP contribution is -2.07. The van der Waals surface area contributed by atoms with Crippen LogP contribution in [-0.2, 0) is 6.18 Å². The molecule has 0 amide bonds. The molecule has 5 heteroatoms. The van der Waals surface area contributed by atoms with Crippen molar-refractivity contribution in [1.29, 1.82) is 0 Å². The summed E-state index contributed by atoms with van der Waals surface area (Å²) < 4.78 is 36.6. The number of aldehydes is 1. The van der Waals surface area contributed by atoms with Gasteiger partial charge < -0.3 is 0 Å². The number of hydrogen-bond donors (Lipinski definition) is 0. The lowest BCUT2D eigenvalue weighted by Gasteiger charge is -2.08. The highest BCUT2D eigenvalue weighted by Gasteiger charge is 2.32. The van der Waals surface area contributed by atoms with Crippen molar-refractivity contribution in [1.82, 2.24) is 0 Å². The van der Waals surface area contributed by atoms with Gasteiger partial charge in [-0.3, -0.25) is 4.79 Å². The van der Waals surface area contributed by atoms with Crippen LogP contribution in [0, 0.1) is 3.57 Å². The maximum atomic E-state index is 12.2. The molecule has 0 saturated heterocycles. The summed E-state index contributed by atoms with van der Waals surface area (Å²) >= 11 is 1.56. The minimum absolute atomic E-state index is 0.0368. The molecule has 0 bridgehead atoms. The Bertz CT molecular complexity index is 333. The average Bonchev–Trinajstić information content (AvgIpc) is 2.01. The second-order valence-corrected chi connectivity index (χ2v) is 3.52. The van der Waals surface area contributed by atoms with Gasteiger partial charge in [0, 0.05) is 9.13 Å². The predicted molar refractivity (Wildman–Crippen MR) is 49.5 cm³/mol. The topological polar surface area (TPSA) is 17.1 Å². The number of hydrogen-bond acceptors (Lipinski definition) is 1. The summed E-state index contributed by atoms with van der Waals surface area (Å²) in [6.45, 7) is 0. The first-order chi connectivity index (χ1) is 5.95. The minimum Gasteiger partial charge on any atom is -0.298 e. The van der Waals surface area contributed by atoms with E-state index in [1.165, 1.54) is 6.07 Å². The molecule has 0 aliphatic carbocycles. The first-order valence-electron chi connectivity index (χ1n) is 3.27. The van der Waals surface area contributed by atoms with Gasteiger partial charge in [-0.1, -0.05) is 6.07 Å². The summed E-state index contributed by atoms with van der Waals surface area (Å²) in [5.74, 6) is 0. The first kappa shape index (κ1) is 10.5. The molecule has 13 heavy (non-hydrogen) atoms. The predicted octanol–water partition coefficient (Wildman–Crippen LogP) is 3.12. The second-order valence-electron chi connectivity index (χ2n) is 2.35. The number of benzene rings is 1. The van der Waals surface area contributed by atoms with Crippen molar-refractivity contribution in [2.45, 2.75) is 6.18 Å². The number of rotatable bonds is 1. The van der Waals surface area contributed by atoms with E-state index in [1.54, 1.807) is 22.6 Å². The highest BCUT2D eigenvalue weighted by molar-refractivity contribution is 14.1. The monoisotopic (exact) mass is 300 g/mol. The molecule has 1 aromatic carbocycles. The molecule has 0 aliphatic heterocycles. The summed E-state index contributed by atoms with van der Waals surface area (Å²) in [7, 11) is 0. The van der Waals surface area contributed by atoms with Gasteiger partial charge in [-0.15, -0.1) is 0 Å². The van der Waals surface area contributed by atoms with Gasteiger partial charge in [0.25, 0.3) is 0 Å². The third-order valence-electron chi connectivity index (χ3n) is 1.43. The van der Waals surface area contributed by atoms with Crippen LogP contribution in [0.3, 0.4) is 0 Å². The zero-order chi connectivity index (χ0) is 10.1. The van der Waals surface area contributed by atoms with Gasteiger partial charge in [0.2, 0.25) is 0 Å². The van der Waals surface area contributed by atoms with Gasteiger partial charge in [0.15, 0.2) is 0 Å². The molecule has 1 nitrogen and oxygen atoms in total. The maximum Gasteiger partial charge on any atom is 0.417 e. The Labute approximate surface area is 86.1 Å². The van der Waals surface area contributed by atoms with Crippen molar-refractivity contribution >= 4 is 28.9 Å². The van der Waals surface area contributed by atoms with E-state index in [9.17, 15) is 18.0 Å². The molecule has 0 fully saturated rings. The molecule has 0 aromatic heterocycles. The quantitative estimate of drug-likeness (QED) is 0.575. The summed E-state index contributed by atoms with van der Waals surface area (Å²) in [6.07, 6.45) is -3.83. The highest BCUT2D eigenvalue weighted by atomic mass is 127. The van der Waals surface area contributed by atoms with Crippen LogP contribution in [0.25, 0.3) is 0 Å². The summed E-state index contributed by atoms with van der Waals surface area (Å²) in [4.78, 5) is 10.2. The molecule has 0 radical (unpaired) electrons. The van der Waals surface area contributed by atoms with Crippen molar-refractivity contribution in [2.75, 3.05) is 0 Å². The van der Waals surface area contributed by atoms with E-state index in [4.69, 9.17) is 0 Å². The molecule has 0 N–H and O–H groups in total. The SMILES string of the molecule is O=Cc1ccc(C(F)(F)F)c(I)c1. The van der Waals surface area contributed by atoms with Crippen LogP contribution in [0.15, 0.2) is 18.2 Å². The largest absolute Gasteiger partial charge is 0.417 e. The Morgan fingerprint density at radius 3 is 2.31 bits per heavy atom. The zero-order valence-electron chi connectivity index (χ0n) is 6.23. The Kier molecular flexibility index (Phi) is 2.94. The van der Waals surface area contributed by atoms with Crippen molar-refractivity contribution in [3.05, 3.63) is 32.9 Å². The fourth-order valence-corrected chi connectivity index (χ4v) is 1.68. The average molecular weight is 300 g/mol. The second kappa shape index (κ2) is 3.65. The van der Waals surface area contributed by atoms with Gasteiger partial charge in [0.05, 0.1) is 5.56 Å².